The van der Waals surface area contributed by atoms with E-state index in [2.05, 4.69) is 4.98 Å². The molecular formula is C28H20ClN3O6S2. The fraction of sp³-hybridized carbons (Fsp3) is 0.179. The number of anilines is 1. The van der Waals surface area contributed by atoms with Crippen molar-refractivity contribution < 1.29 is 19.2 Å². The number of thioether (sulfide) groups is 1. The number of hydrogen-bond donors (Lipinski definition) is 1. The maximum atomic E-state index is 14.0. The predicted molar refractivity (Wildman–Crippen MR) is 152 cm³/mol. The van der Waals surface area contributed by atoms with Crippen LogP contribution < -0.4 is 14.5 Å². The zero-order chi connectivity index (χ0) is 28.1. The Hall–Kier alpha value is -3.93. The molecule has 3 heterocycles. The number of carbonyl (C=O) groups excluding carboxylic acids is 2. The molecule has 12 heteroatoms. The highest BCUT2D eigenvalue weighted by Gasteiger charge is 2.57. The first kappa shape index (κ1) is 26.3. The molecule has 202 valence electrons. The summed E-state index contributed by atoms with van der Waals surface area (Å²) >= 11 is 8.08. The fourth-order valence-corrected chi connectivity index (χ4v) is 7.78. The number of hydrogen-bond acceptors (Lipinski definition) is 8. The molecule has 1 aromatic heterocycles. The Kier molecular flexibility index (Phi) is 6.73. The van der Waals surface area contributed by atoms with Gasteiger partial charge in [0.05, 0.1) is 21.6 Å². The number of imide groups is 1. The molecular weight excluding hydrogens is 574 g/mol. The number of aromatic amines is 1. The van der Waals surface area contributed by atoms with E-state index < -0.39 is 33.8 Å². The zero-order valence-corrected chi connectivity index (χ0v) is 23.2. The smallest absolute Gasteiger partial charge is 0.305 e. The standard InChI is InChI=1S/C28H20ClN3O6S2/c1-14-4-2-3-5-15(14)13-38-20-11-10-18(32(36)37)12-19(20)21-22-24(39-25-23(21)40-28(35)30-25)27(34)31(26(22)33)17-8-6-16(29)7-9-17/h2-12,21-22,24H,13H2,1H3,(H,30,35). The van der Waals surface area contributed by atoms with Gasteiger partial charge in [-0.05, 0) is 48.4 Å². The lowest BCUT2D eigenvalue weighted by molar-refractivity contribution is -0.385. The van der Waals surface area contributed by atoms with E-state index in [9.17, 15) is 24.5 Å². The summed E-state index contributed by atoms with van der Waals surface area (Å²) in [5, 5.41) is 11.9. The fourth-order valence-electron chi connectivity index (χ4n) is 5.15. The molecule has 9 nitrogen and oxygen atoms in total. The second kappa shape index (κ2) is 10.2. The number of aromatic nitrogens is 1. The van der Waals surface area contributed by atoms with Gasteiger partial charge in [0, 0.05) is 33.5 Å². The topological polar surface area (TPSA) is 123 Å². The summed E-state index contributed by atoms with van der Waals surface area (Å²) in [6.07, 6.45) is 0. The Labute approximate surface area is 240 Å². The molecule has 0 bridgehead atoms. The monoisotopic (exact) mass is 593 g/mol. The van der Waals surface area contributed by atoms with Gasteiger partial charge in [0.15, 0.2) is 0 Å². The summed E-state index contributed by atoms with van der Waals surface area (Å²) in [5.41, 5.74) is 2.50. The third-order valence-corrected chi connectivity index (χ3v) is 9.75. The van der Waals surface area contributed by atoms with Gasteiger partial charge in [-0.3, -0.25) is 24.5 Å². The lowest BCUT2D eigenvalue weighted by Crippen LogP contribution is -2.32. The number of carbonyl (C=O) groups is 2. The lowest BCUT2D eigenvalue weighted by Gasteiger charge is -2.30. The molecule has 1 fully saturated rings. The average molecular weight is 594 g/mol. The van der Waals surface area contributed by atoms with Crippen LogP contribution in [0.25, 0.3) is 0 Å². The van der Waals surface area contributed by atoms with Crippen molar-refractivity contribution in [1.82, 2.24) is 4.98 Å². The first-order valence-corrected chi connectivity index (χ1v) is 14.3. The normalized spacial score (nSPS) is 19.9. The van der Waals surface area contributed by atoms with E-state index in [0.29, 0.717) is 31.9 Å². The van der Waals surface area contributed by atoms with Crippen molar-refractivity contribution in [2.24, 2.45) is 5.92 Å². The van der Waals surface area contributed by atoms with Gasteiger partial charge in [0.1, 0.15) is 17.6 Å². The van der Waals surface area contributed by atoms with Crippen LogP contribution in [-0.4, -0.2) is 27.0 Å². The van der Waals surface area contributed by atoms with Crippen molar-refractivity contribution in [2.75, 3.05) is 4.90 Å². The van der Waals surface area contributed by atoms with Gasteiger partial charge in [0.2, 0.25) is 11.8 Å². The van der Waals surface area contributed by atoms with E-state index in [1.807, 2.05) is 31.2 Å². The number of nitrogens with zero attached hydrogens (tertiary/aromatic N) is 2. The minimum absolute atomic E-state index is 0.188. The van der Waals surface area contributed by atoms with Crippen LogP contribution in [0.2, 0.25) is 5.02 Å². The molecule has 4 aromatic rings. The van der Waals surface area contributed by atoms with Gasteiger partial charge in [0.25, 0.3) is 5.69 Å². The van der Waals surface area contributed by atoms with Gasteiger partial charge >= 0.3 is 4.87 Å². The molecule has 0 saturated carbocycles. The summed E-state index contributed by atoms with van der Waals surface area (Å²) in [6, 6.07) is 18.3. The van der Waals surface area contributed by atoms with Gasteiger partial charge in [-0.25, -0.2) is 4.90 Å². The molecule has 2 aliphatic heterocycles. The SMILES string of the molecule is Cc1ccccc1COc1ccc([N+](=O)[O-])cc1C1c2sc(=O)[nH]c2SC2C(=O)N(c3ccc(Cl)cc3)C(=O)C21. The molecule has 6 rings (SSSR count). The number of H-pyrrole nitrogens is 1. The Balaban J connectivity index is 1.48. The number of thiazole rings is 1. The molecule has 3 atom stereocenters. The molecule has 1 saturated heterocycles. The number of fused-ring (bicyclic) bond motifs is 2. The quantitative estimate of drug-likeness (QED) is 0.173. The number of amides is 2. The largest absolute Gasteiger partial charge is 0.489 e. The van der Waals surface area contributed by atoms with Gasteiger partial charge in [-0.15, -0.1) is 0 Å². The number of halogens is 1. The second-order valence-electron chi connectivity index (χ2n) is 9.43. The van der Waals surface area contributed by atoms with Crippen LogP contribution in [0.15, 0.2) is 76.6 Å². The molecule has 3 aromatic carbocycles. The van der Waals surface area contributed by atoms with E-state index in [4.69, 9.17) is 16.3 Å². The van der Waals surface area contributed by atoms with Crippen molar-refractivity contribution in [1.29, 1.82) is 0 Å². The molecule has 40 heavy (non-hydrogen) atoms. The Bertz CT molecular complexity index is 1730. The van der Waals surface area contributed by atoms with E-state index in [-0.39, 0.29) is 17.2 Å². The second-order valence-corrected chi connectivity index (χ2v) is 12.0. The number of non-ortho nitro benzene ring substituents is 1. The lowest BCUT2D eigenvalue weighted by atomic mass is 9.82. The molecule has 0 aliphatic carbocycles. The summed E-state index contributed by atoms with van der Waals surface area (Å²) < 4.78 is 6.21. The minimum atomic E-state index is -0.921. The number of nitro benzene ring substituents is 1. The van der Waals surface area contributed by atoms with Crippen molar-refractivity contribution in [3.8, 4) is 5.75 Å². The number of rotatable bonds is 6. The maximum absolute atomic E-state index is 14.0. The number of aryl methyl sites for hydroxylation is 1. The number of ether oxygens (including phenoxy) is 1. The summed E-state index contributed by atoms with van der Waals surface area (Å²) in [6.45, 7) is 2.14. The van der Waals surface area contributed by atoms with Crippen molar-refractivity contribution >= 4 is 57.9 Å². The highest BCUT2D eigenvalue weighted by molar-refractivity contribution is 8.00. The Morgan fingerprint density at radius 3 is 2.52 bits per heavy atom. The zero-order valence-electron chi connectivity index (χ0n) is 20.8. The first-order chi connectivity index (χ1) is 19.2. The van der Waals surface area contributed by atoms with Crippen LogP contribution in [0, 0.1) is 23.0 Å². The highest BCUT2D eigenvalue weighted by Crippen LogP contribution is 2.55. The van der Waals surface area contributed by atoms with E-state index >= 15 is 0 Å². The van der Waals surface area contributed by atoms with Gasteiger partial charge < -0.3 is 9.72 Å². The number of nitrogens with one attached hydrogen (secondary N) is 1. The van der Waals surface area contributed by atoms with Crippen molar-refractivity contribution in [2.45, 2.75) is 29.7 Å². The maximum Gasteiger partial charge on any atom is 0.305 e. The Morgan fingerprint density at radius 1 is 1.05 bits per heavy atom. The Morgan fingerprint density at radius 2 is 1.80 bits per heavy atom. The summed E-state index contributed by atoms with van der Waals surface area (Å²) in [4.78, 5) is 55.5. The highest BCUT2D eigenvalue weighted by atomic mass is 35.5. The van der Waals surface area contributed by atoms with Crippen molar-refractivity contribution in [3.63, 3.8) is 0 Å². The molecule has 2 aliphatic rings. The first-order valence-electron chi connectivity index (χ1n) is 12.2. The van der Waals surface area contributed by atoms with Crippen LogP contribution in [0.5, 0.6) is 5.75 Å². The summed E-state index contributed by atoms with van der Waals surface area (Å²) in [7, 11) is 0. The molecule has 0 spiro atoms. The van der Waals surface area contributed by atoms with Crippen molar-refractivity contribution in [3.05, 3.63) is 113 Å². The van der Waals surface area contributed by atoms with E-state index in [0.717, 1.165) is 39.1 Å². The summed E-state index contributed by atoms with van der Waals surface area (Å²) in [5.74, 6) is -2.31. The third-order valence-electron chi connectivity index (χ3n) is 7.09. The molecule has 3 unspecified atom stereocenters. The van der Waals surface area contributed by atoms with Gasteiger partial charge in [-0.2, -0.15) is 0 Å². The predicted octanol–water partition coefficient (Wildman–Crippen LogP) is 5.68. The third kappa shape index (κ3) is 4.49. The number of benzene rings is 3. The average Bonchev–Trinajstić information content (AvgIpc) is 3.43. The van der Waals surface area contributed by atoms with Crippen LogP contribution in [0.3, 0.4) is 0 Å². The van der Waals surface area contributed by atoms with Crippen LogP contribution in [-0.2, 0) is 16.2 Å². The van der Waals surface area contributed by atoms with E-state index in [1.165, 1.54) is 18.2 Å². The number of nitro groups is 1. The molecule has 0 radical (unpaired) electrons. The van der Waals surface area contributed by atoms with Crippen LogP contribution in [0.4, 0.5) is 11.4 Å². The van der Waals surface area contributed by atoms with E-state index in [1.54, 1.807) is 24.3 Å². The van der Waals surface area contributed by atoms with Gasteiger partial charge in [-0.1, -0.05) is 59.0 Å². The van der Waals surface area contributed by atoms with Crippen LogP contribution >= 0.6 is 34.7 Å². The molecule has 1 N–H and O–H groups in total. The minimum Gasteiger partial charge on any atom is -0.489 e. The van der Waals surface area contributed by atoms with Crippen LogP contribution in [0.1, 0.15) is 27.5 Å². The molecule has 2 amide bonds.